The lowest BCUT2D eigenvalue weighted by molar-refractivity contribution is -0.120. The minimum atomic E-state index is -0.313. The van der Waals surface area contributed by atoms with Crippen LogP contribution in [-0.2, 0) is 9.59 Å². The Kier molecular flexibility index (Phi) is 6.56. The van der Waals surface area contributed by atoms with Gasteiger partial charge in [-0.25, -0.2) is 4.90 Å². The fraction of sp³-hybridized carbons (Fsp3) is 0.407. The summed E-state index contributed by atoms with van der Waals surface area (Å²) in [5, 5.41) is 9.73. The first-order chi connectivity index (χ1) is 15.8. The van der Waals surface area contributed by atoms with Crippen LogP contribution in [0.1, 0.15) is 43.4 Å². The molecule has 0 radical (unpaired) electrons. The van der Waals surface area contributed by atoms with Crippen LogP contribution in [0.3, 0.4) is 0 Å². The largest absolute Gasteiger partial charge is 0.491 e. The van der Waals surface area contributed by atoms with Crippen molar-refractivity contribution in [3.05, 3.63) is 64.9 Å². The molecule has 2 aromatic rings. The van der Waals surface area contributed by atoms with Gasteiger partial charge >= 0.3 is 0 Å². The second-order valence-electron chi connectivity index (χ2n) is 9.22. The Morgan fingerprint density at radius 2 is 1.79 bits per heavy atom. The Morgan fingerprint density at radius 1 is 1.06 bits per heavy atom. The molecule has 6 heteroatoms. The van der Waals surface area contributed by atoms with E-state index in [1.165, 1.54) is 4.90 Å². The van der Waals surface area contributed by atoms with Crippen molar-refractivity contribution in [2.75, 3.05) is 24.6 Å². The summed E-state index contributed by atoms with van der Waals surface area (Å²) in [6.45, 7) is 9.15. The quantitative estimate of drug-likeness (QED) is 0.675. The molecule has 4 rings (SSSR count). The average molecular weight is 449 g/mol. The molecule has 1 N–H and O–H groups in total. The summed E-state index contributed by atoms with van der Waals surface area (Å²) in [5.74, 6) is 0.196. The second-order valence-corrected chi connectivity index (χ2v) is 9.22. The van der Waals surface area contributed by atoms with Crippen LogP contribution in [0.15, 0.2) is 48.2 Å². The van der Waals surface area contributed by atoms with E-state index in [1.54, 1.807) is 0 Å². The third-order valence-electron chi connectivity index (χ3n) is 6.48. The summed E-state index contributed by atoms with van der Waals surface area (Å²) in [7, 11) is 0. The fourth-order valence-electron chi connectivity index (χ4n) is 4.66. The number of hydrogen-bond donors (Lipinski definition) is 1. The molecule has 1 saturated heterocycles. The predicted octanol–water partition coefficient (Wildman–Crippen LogP) is 4.08. The van der Waals surface area contributed by atoms with Gasteiger partial charge in [0.05, 0.1) is 17.4 Å². The minimum absolute atomic E-state index is 0.0452. The van der Waals surface area contributed by atoms with Gasteiger partial charge in [0.15, 0.2) is 0 Å². The summed E-state index contributed by atoms with van der Waals surface area (Å²) in [4.78, 5) is 30.9. The van der Waals surface area contributed by atoms with Gasteiger partial charge in [-0.05, 0) is 81.3 Å². The number of aliphatic hydroxyl groups is 1. The van der Waals surface area contributed by atoms with Gasteiger partial charge in [-0.2, -0.15) is 0 Å². The van der Waals surface area contributed by atoms with Crippen LogP contribution < -0.4 is 9.64 Å². The van der Waals surface area contributed by atoms with Crippen LogP contribution in [0, 0.1) is 19.8 Å². The summed E-state index contributed by atoms with van der Waals surface area (Å²) in [6.07, 6.45) is 1.83. The van der Waals surface area contributed by atoms with Crippen molar-refractivity contribution in [1.29, 1.82) is 0 Å². The van der Waals surface area contributed by atoms with Gasteiger partial charge in [0.2, 0.25) is 0 Å². The number of aryl methyl sites for hydroxylation is 1. The van der Waals surface area contributed by atoms with Gasteiger partial charge in [-0.1, -0.05) is 24.3 Å². The monoisotopic (exact) mass is 448 g/mol. The van der Waals surface area contributed by atoms with E-state index in [-0.39, 0.29) is 30.4 Å². The highest BCUT2D eigenvalue weighted by Gasteiger charge is 2.43. The molecule has 2 aliphatic heterocycles. The van der Waals surface area contributed by atoms with E-state index in [0.717, 1.165) is 29.7 Å². The van der Waals surface area contributed by atoms with Crippen molar-refractivity contribution < 1.29 is 19.4 Å². The van der Waals surface area contributed by atoms with Gasteiger partial charge in [0, 0.05) is 19.7 Å². The number of hydrogen-bond acceptors (Lipinski definition) is 5. The molecule has 2 aromatic carbocycles. The summed E-state index contributed by atoms with van der Waals surface area (Å²) >= 11 is 0. The van der Waals surface area contributed by atoms with Crippen LogP contribution in [0.5, 0.6) is 5.75 Å². The summed E-state index contributed by atoms with van der Waals surface area (Å²) in [6, 6.07) is 13.0. The zero-order valence-corrected chi connectivity index (χ0v) is 19.8. The van der Waals surface area contributed by atoms with E-state index in [2.05, 4.69) is 0 Å². The fourth-order valence-corrected chi connectivity index (χ4v) is 4.66. The maximum atomic E-state index is 13.8. The van der Waals surface area contributed by atoms with Crippen molar-refractivity contribution in [3.63, 3.8) is 0 Å². The van der Waals surface area contributed by atoms with Crippen molar-refractivity contribution in [2.45, 2.75) is 46.6 Å². The van der Waals surface area contributed by atoms with Crippen molar-refractivity contribution >= 4 is 23.1 Å². The Morgan fingerprint density at radius 3 is 2.45 bits per heavy atom. The molecule has 6 nitrogen and oxygen atoms in total. The lowest BCUT2D eigenvalue weighted by Gasteiger charge is -2.34. The Balaban J connectivity index is 1.80. The maximum Gasteiger partial charge on any atom is 0.282 e. The molecule has 2 aliphatic rings. The molecule has 0 saturated carbocycles. The molecule has 174 valence electrons. The molecule has 33 heavy (non-hydrogen) atoms. The van der Waals surface area contributed by atoms with E-state index < -0.39 is 0 Å². The number of imide groups is 1. The summed E-state index contributed by atoms with van der Waals surface area (Å²) in [5.41, 5.74) is 4.09. The molecule has 1 unspecified atom stereocenters. The highest BCUT2D eigenvalue weighted by Crippen LogP contribution is 2.38. The van der Waals surface area contributed by atoms with Crippen LogP contribution >= 0.6 is 0 Å². The van der Waals surface area contributed by atoms with Crippen molar-refractivity contribution in [2.24, 2.45) is 5.92 Å². The lowest BCUT2D eigenvalue weighted by atomic mass is 9.97. The molecule has 2 amide bonds. The zero-order valence-electron chi connectivity index (χ0n) is 19.8. The third kappa shape index (κ3) is 4.40. The first kappa shape index (κ1) is 23.1. The lowest BCUT2D eigenvalue weighted by Crippen LogP contribution is -2.40. The van der Waals surface area contributed by atoms with E-state index in [1.807, 2.05) is 75.1 Å². The SMILES string of the molecule is Cc1cccc(N2C(=O)C(c3ccc(OC(C)C)cc3)=C(N3CCCC(CO)C3)C2=O)c1C. The smallest absolute Gasteiger partial charge is 0.282 e. The Hall–Kier alpha value is -3.12. The molecule has 2 heterocycles. The van der Waals surface area contributed by atoms with E-state index in [4.69, 9.17) is 4.74 Å². The highest BCUT2D eigenvalue weighted by atomic mass is 16.5. The van der Waals surface area contributed by atoms with Gasteiger partial charge < -0.3 is 14.7 Å². The minimum Gasteiger partial charge on any atom is -0.491 e. The molecule has 1 atom stereocenters. The molecule has 0 aromatic heterocycles. The van der Waals surface area contributed by atoms with E-state index in [0.29, 0.717) is 35.6 Å². The van der Waals surface area contributed by atoms with Crippen molar-refractivity contribution in [1.82, 2.24) is 4.90 Å². The number of piperidine rings is 1. The first-order valence-electron chi connectivity index (χ1n) is 11.6. The number of amides is 2. The van der Waals surface area contributed by atoms with E-state index >= 15 is 0 Å². The highest BCUT2D eigenvalue weighted by molar-refractivity contribution is 6.45. The summed E-state index contributed by atoms with van der Waals surface area (Å²) < 4.78 is 5.75. The number of ether oxygens (including phenoxy) is 1. The van der Waals surface area contributed by atoms with Gasteiger partial charge in [-0.15, -0.1) is 0 Å². The molecule has 0 bridgehead atoms. The Labute approximate surface area is 195 Å². The second kappa shape index (κ2) is 9.40. The number of benzene rings is 2. The third-order valence-corrected chi connectivity index (χ3v) is 6.48. The number of likely N-dealkylation sites (tertiary alicyclic amines) is 1. The Bertz CT molecular complexity index is 1090. The number of carbonyl (C=O) groups excluding carboxylic acids is 2. The normalized spacial score (nSPS) is 19.2. The number of carbonyl (C=O) groups is 2. The first-order valence-corrected chi connectivity index (χ1v) is 11.6. The van der Waals surface area contributed by atoms with Crippen LogP contribution in [-0.4, -0.2) is 47.6 Å². The van der Waals surface area contributed by atoms with Gasteiger partial charge in [0.1, 0.15) is 11.4 Å². The standard InChI is InChI=1S/C27H32N2O4/c1-17(2)33-22-12-10-21(11-13-22)24-25(28-14-6-8-20(15-28)16-30)27(32)29(26(24)31)23-9-5-7-18(3)19(23)4/h5,7,9-13,17,20,30H,6,8,14-16H2,1-4H3. The van der Waals surface area contributed by atoms with E-state index in [9.17, 15) is 14.7 Å². The molecule has 0 aliphatic carbocycles. The number of anilines is 1. The molecule has 1 fully saturated rings. The van der Waals surface area contributed by atoms with Gasteiger partial charge in [-0.3, -0.25) is 9.59 Å². The van der Waals surface area contributed by atoms with Crippen molar-refractivity contribution in [3.8, 4) is 5.75 Å². The molecule has 0 spiro atoms. The number of aliphatic hydroxyl groups excluding tert-OH is 1. The topological polar surface area (TPSA) is 70.1 Å². The zero-order chi connectivity index (χ0) is 23.7. The maximum absolute atomic E-state index is 13.8. The average Bonchev–Trinajstić information content (AvgIpc) is 3.06. The number of rotatable bonds is 6. The molecular formula is C27H32N2O4. The van der Waals surface area contributed by atoms with Crippen LogP contribution in [0.4, 0.5) is 5.69 Å². The number of nitrogens with zero attached hydrogens (tertiary/aromatic N) is 2. The molecular weight excluding hydrogens is 416 g/mol. The predicted molar refractivity (Wildman–Crippen MR) is 129 cm³/mol. The van der Waals surface area contributed by atoms with Crippen LogP contribution in [0.25, 0.3) is 5.57 Å². The van der Waals surface area contributed by atoms with Crippen LogP contribution in [0.2, 0.25) is 0 Å². The van der Waals surface area contributed by atoms with Gasteiger partial charge in [0.25, 0.3) is 11.8 Å².